The molecule has 0 amide bonds. The fourth-order valence-electron chi connectivity index (χ4n) is 3.80. The SMILES string of the molecule is CCO[Si](CCCCN(CC)[Si](CC)(CC)CC)(OCC)OCC. The minimum absolute atomic E-state index is 0.671. The molecular weight excluding hydrogens is 334 g/mol. The van der Waals surface area contributed by atoms with Gasteiger partial charge in [0.1, 0.15) is 8.24 Å². The third-order valence-corrected chi connectivity index (χ3v) is 14.3. The van der Waals surface area contributed by atoms with E-state index < -0.39 is 17.0 Å². The highest BCUT2D eigenvalue weighted by Gasteiger charge is 2.40. The number of rotatable bonds is 16. The van der Waals surface area contributed by atoms with Crippen LogP contribution in [0.2, 0.25) is 24.2 Å². The Bertz CT molecular complexity index is 277. The second kappa shape index (κ2) is 13.5. The van der Waals surface area contributed by atoms with E-state index in [2.05, 4.69) is 32.3 Å². The Morgan fingerprint density at radius 2 is 1.12 bits per heavy atom. The summed E-state index contributed by atoms with van der Waals surface area (Å²) in [5, 5.41) is 0. The van der Waals surface area contributed by atoms with E-state index in [0.717, 1.165) is 12.5 Å². The summed E-state index contributed by atoms with van der Waals surface area (Å²) in [5.74, 6) is 0. The molecule has 0 saturated carbocycles. The van der Waals surface area contributed by atoms with Crippen LogP contribution in [0.3, 0.4) is 0 Å². The third-order valence-electron chi connectivity index (χ3n) is 5.28. The van der Waals surface area contributed by atoms with Crippen molar-refractivity contribution in [1.82, 2.24) is 4.57 Å². The van der Waals surface area contributed by atoms with Gasteiger partial charge < -0.3 is 17.8 Å². The van der Waals surface area contributed by atoms with Crippen molar-refractivity contribution in [1.29, 1.82) is 0 Å². The summed E-state index contributed by atoms with van der Waals surface area (Å²) < 4.78 is 20.7. The fraction of sp³-hybridized carbons (Fsp3) is 1.00. The Hall–Kier alpha value is 0.274. The van der Waals surface area contributed by atoms with Crippen molar-refractivity contribution < 1.29 is 13.3 Å². The van der Waals surface area contributed by atoms with Crippen molar-refractivity contribution in [3.05, 3.63) is 0 Å². The Morgan fingerprint density at radius 3 is 1.46 bits per heavy atom. The van der Waals surface area contributed by atoms with Gasteiger partial charge >= 0.3 is 8.80 Å². The van der Waals surface area contributed by atoms with Crippen LogP contribution >= 0.6 is 0 Å². The molecule has 0 fully saturated rings. The van der Waals surface area contributed by atoms with Crippen LogP contribution in [0.4, 0.5) is 0 Å². The van der Waals surface area contributed by atoms with Gasteiger partial charge in [-0.1, -0.05) is 27.7 Å². The highest BCUT2D eigenvalue weighted by Crippen LogP contribution is 2.26. The van der Waals surface area contributed by atoms with Gasteiger partial charge in [-0.25, -0.2) is 0 Å². The van der Waals surface area contributed by atoms with Crippen molar-refractivity contribution in [2.45, 2.75) is 85.5 Å². The molecule has 0 unspecified atom stereocenters. The fourth-order valence-corrected chi connectivity index (χ4v) is 10.6. The lowest BCUT2D eigenvalue weighted by atomic mass is 10.3. The first-order valence-electron chi connectivity index (χ1n) is 10.2. The average Bonchev–Trinajstić information content (AvgIpc) is 2.59. The summed E-state index contributed by atoms with van der Waals surface area (Å²) in [6.07, 6.45) is 2.34. The summed E-state index contributed by atoms with van der Waals surface area (Å²) in [6.45, 7) is 20.0. The van der Waals surface area contributed by atoms with Gasteiger partial charge in [0.2, 0.25) is 0 Å². The number of hydrogen-bond acceptors (Lipinski definition) is 4. The molecule has 146 valence electrons. The zero-order valence-corrected chi connectivity index (χ0v) is 19.5. The first-order valence-corrected chi connectivity index (χ1v) is 14.7. The summed E-state index contributed by atoms with van der Waals surface area (Å²) in [7, 11) is -3.69. The maximum absolute atomic E-state index is 5.96. The molecule has 0 aromatic carbocycles. The van der Waals surface area contributed by atoms with Crippen molar-refractivity contribution in [2.24, 2.45) is 0 Å². The summed E-state index contributed by atoms with van der Waals surface area (Å²) in [4.78, 5) is 0. The molecule has 0 aliphatic rings. The summed E-state index contributed by atoms with van der Waals surface area (Å²) >= 11 is 0. The van der Waals surface area contributed by atoms with Crippen molar-refractivity contribution >= 4 is 17.0 Å². The molecule has 0 rings (SSSR count). The molecule has 0 bridgehead atoms. The van der Waals surface area contributed by atoms with Gasteiger partial charge in [-0.15, -0.1) is 0 Å². The first-order chi connectivity index (χ1) is 11.5. The molecule has 0 N–H and O–H groups in total. The Labute approximate surface area is 153 Å². The predicted octanol–water partition coefficient (Wildman–Crippen LogP) is 5.14. The Balaban J connectivity index is 4.63. The van der Waals surface area contributed by atoms with E-state index in [0.29, 0.717) is 19.8 Å². The van der Waals surface area contributed by atoms with Crippen LogP contribution in [-0.4, -0.2) is 54.5 Å². The molecule has 0 aromatic heterocycles. The second-order valence-electron chi connectivity index (χ2n) is 6.30. The minimum atomic E-state index is -2.46. The number of nitrogens with zero attached hydrogens (tertiary/aromatic N) is 1. The van der Waals surface area contributed by atoms with Gasteiger partial charge in [0, 0.05) is 25.9 Å². The van der Waals surface area contributed by atoms with Gasteiger partial charge in [-0.05, 0) is 64.8 Å². The lowest BCUT2D eigenvalue weighted by molar-refractivity contribution is 0.0706. The van der Waals surface area contributed by atoms with E-state index in [4.69, 9.17) is 13.3 Å². The molecule has 6 heteroatoms. The van der Waals surface area contributed by atoms with E-state index in [1.165, 1.54) is 37.6 Å². The van der Waals surface area contributed by atoms with Gasteiger partial charge in [0.15, 0.2) is 0 Å². The van der Waals surface area contributed by atoms with Crippen molar-refractivity contribution in [3.63, 3.8) is 0 Å². The molecule has 0 aliphatic heterocycles. The molecule has 0 radical (unpaired) electrons. The van der Waals surface area contributed by atoms with Crippen LogP contribution in [0.1, 0.15) is 61.3 Å². The van der Waals surface area contributed by atoms with E-state index >= 15 is 0 Å². The maximum atomic E-state index is 5.96. The van der Waals surface area contributed by atoms with E-state index in [9.17, 15) is 0 Å². The van der Waals surface area contributed by atoms with Crippen LogP contribution in [0.15, 0.2) is 0 Å². The third kappa shape index (κ3) is 7.26. The van der Waals surface area contributed by atoms with Crippen LogP contribution in [-0.2, 0) is 13.3 Å². The molecule has 0 atom stereocenters. The van der Waals surface area contributed by atoms with Crippen LogP contribution < -0.4 is 0 Å². The standard InChI is InChI=1S/C18H43NO3Si2/c1-8-19(23(12-5,13-6)14-7)17-15-16-18-24(20-9-2,21-10-3)22-11-4/h8-18H2,1-7H3. The van der Waals surface area contributed by atoms with Gasteiger partial charge in [-0.3, -0.25) is 0 Å². The highest BCUT2D eigenvalue weighted by molar-refractivity contribution is 6.77. The molecule has 24 heavy (non-hydrogen) atoms. The van der Waals surface area contributed by atoms with Crippen molar-refractivity contribution in [2.75, 3.05) is 32.9 Å². The normalized spacial score (nSPS) is 13.0. The van der Waals surface area contributed by atoms with E-state index in [-0.39, 0.29) is 0 Å². The van der Waals surface area contributed by atoms with Crippen LogP contribution in [0, 0.1) is 0 Å². The smallest absolute Gasteiger partial charge is 0.374 e. The lowest BCUT2D eigenvalue weighted by Gasteiger charge is -2.40. The number of unbranched alkanes of at least 4 members (excludes halogenated alkanes) is 1. The number of hydrogen-bond donors (Lipinski definition) is 0. The molecule has 0 saturated heterocycles. The Kier molecular flexibility index (Phi) is 13.6. The van der Waals surface area contributed by atoms with E-state index in [1.54, 1.807) is 0 Å². The quantitative estimate of drug-likeness (QED) is 0.275. The van der Waals surface area contributed by atoms with Crippen LogP contribution in [0.5, 0.6) is 0 Å². The van der Waals surface area contributed by atoms with E-state index in [1.807, 2.05) is 20.8 Å². The Morgan fingerprint density at radius 1 is 0.667 bits per heavy atom. The maximum Gasteiger partial charge on any atom is 0.500 e. The average molecular weight is 378 g/mol. The summed E-state index contributed by atoms with van der Waals surface area (Å²) in [6, 6.07) is 5.04. The molecule has 0 heterocycles. The predicted molar refractivity (Wildman–Crippen MR) is 109 cm³/mol. The molecule has 0 spiro atoms. The zero-order chi connectivity index (χ0) is 18.5. The zero-order valence-electron chi connectivity index (χ0n) is 17.5. The summed E-state index contributed by atoms with van der Waals surface area (Å²) in [5.41, 5.74) is 0. The minimum Gasteiger partial charge on any atom is -0.374 e. The molecular formula is C18H43NO3Si2. The van der Waals surface area contributed by atoms with Crippen molar-refractivity contribution in [3.8, 4) is 0 Å². The largest absolute Gasteiger partial charge is 0.500 e. The molecule has 4 nitrogen and oxygen atoms in total. The van der Waals surface area contributed by atoms with Gasteiger partial charge in [0.05, 0.1) is 0 Å². The lowest BCUT2D eigenvalue weighted by Crippen LogP contribution is -2.52. The topological polar surface area (TPSA) is 30.9 Å². The highest BCUT2D eigenvalue weighted by atomic mass is 28.4. The second-order valence-corrected chi connectivity index (χ2v) is 14.2. The van der Waals surface area contributed by atoms with Gasteiger partial charge in [0.25, 0.3) is 0 Å². The molecule has 0 aliphatic carbocycles. The van der Waals surface area contributed by atoms with Gasteiger partial charge in [-0.2, -0.15) is 0 Å². The molecule has 0 aromatic rings. The van der Waals surface area contributed by atoms with Crippen LogP contribution in [0.25, 0.3) is 0 Å². The first kappa shape index (κ1) is 24.3. The monoisotopic (exact) mass is 377 g/mol.